The van der Waals surface area contributed by atoms with Gasteiger partial charge >= 0.3 is 5.97 Å². The number of carbonyl (C=O) groups excluding carboxylic acids is 1. The molecule has 0 bridgehead atoms. The SMILES string of the molecule is O=C(O)C1CCCN(C(=O)c2cccnc2Cl)C1. The highest BCUT2D eigenvalue weighted by molar-refractivity contribution is 6.32. The molecular weight excluding hydrogens is 256 g/mol. The molecule has 5 nitrogen and oxygen atoms in total. The normalized spacial score (nSPS) is 19.6. The highest BCUT2D eigenvalue weighted by Crippen LogP contribution is 2.21. The lowest BCUT2D eigenvalue weighted by molar-refractivity contribution is -0.143. The van der Waals surface area contributed by atoms with Gasteiger partial charge in [-0.05, 0) is 25.0 Å². The average Bonchev–Trinajstić information content (AvgIpc) is 2.38. The van der Waals surface area contributed by atoms with E-state index in [0.717, 1.165) is 0 Å². The lowest BCUT2D eigenvalue weighted by Crippen LogP contribution is -2.42. The second-order valence-corrected chi connectivity index (χ2v) is 4.63. The number of pyridine rings is 1. The van der Waals surface area contributed by atoms with E-state index in [-0.39, 0.29) is 17.6 Å². The van der Waals surface area contributed by atoms with Crippen LogP contribution in [-0.2, 0) is 4.79 Å². The molecule has 1 aliphatic rings. The number of piperidine rings is 1. The fraction of sp³-hybridized carbons (Fsp3) is 0.417. The summed E-state index contributed by atoms with van der Waals surface area (Å²) in [5, 5.41) is 9.14. The Morgan fingerprint density at radius 2 is 2.28 bits per heavy atom. The van der Waals surface area contributed by atoms with Crippen molar-refractivity contribution in [2.45, 2.75) is 12.8 Å². The minimum atomic E-state index is -0.857. The van der Waals surface area contributed by atoms with Gasteiger partial charge in [0, 0.05) is 19.3 Å². The Hall–Kier alpha value is -1.62. The first-order chi connectivity index (χ1) is 8.59. The molecule has 0 spiro atoms. The number of nitrogens with zero attached hydrogens (tertiary/aromatic N) is 2. The number of aromatic nitrogens is 1. The van der Waals surface area contributed by atoms with Gasteiger partial charge in [0.2, 0.25) is 0 Å². The number of likely N-dealkylation sites (tertiary alicyclic amines) is 1. The lowest BCUT2D eigenvalue weighted by atomic mass is 9.98. The number of hydrogen-bond donors (Lipinski definition) is 1. The lowest BCUT2D eigenvalue weighted by Gasteiger charge is -2.30. The first kappa shape index (κ1) is 12.8. The van der Waals surface area contributed by atoms with Crippen LogP contribution in [0.3, 0.4) is 0 Å². The number of amides is 1. The van der Waals surface area contributed by atoms with Crippen LogP contribution in [0.5, 0.6) is 0 Å². The minimum absolute atomic E-state index is 0.153. The van der Waals surface area contributed by atoms with Crippen molar-refractivity contribution in [3.05, 3.63) is 29.0 Å². The van der Waals surface area contributed by atoms with E-state index in [2.05, 4.69) is 4.98 Å². The van der Waals surface area contributed by atoms with Crippen molar-refractivity contribution in [3.8, 4) is 0 Å². The molecule has 1 unspecified atom stereocenters. The molecule has 1 aromatic rings. The van der Waals surface area contributed by atoms with Crippen molar-refractivity contribution in [2.75, 3.05) is 13.1 Å². The van der Waals surface area contributed by atoms with Crippen molar-refractivity contribution in [3.63, 3.8) is 0 Å². The molecular formula is C12H13ClN2O3. The van der Waals surface area contributed by atoms with Gasteiger partial charge in [-0.15, -0.1) is 0 Å². The van der Waals surface area contributed by atoms with E-state index in [1.807, 2.05) is 0 Å². The van der Waals surface area contributed by atoms with Gasteiger partial charge in [-0.25, -0.2) is 4.98 Å². The molecule has 1 fully saturated rings. The highest BCUT2D eigenvalue weighted by Gasteiger charge is 2.29. The third kappa shape index (κ3) is 2.61. The first-order valence-electron chi connectivity index (χ1n) is 5.72. The summed E-state index contributed by atoms with van der Waals surface area (Å²) in [6.07, 6.45) is 2.82. The van der Waals surface area contributed by atoms with Crippen LogP contribution in [0.25, 0.3) is 0 Å². The summed E-state index contributed by atoms with van der Waals surface area (Å²) in [5.74, 6) is -1.60. The van der Waals surface area contributed by atoms with Gasteiger partial charge in [0.05, 0.1) is 11.5 Å². The molecule has 1 aliphatic heterocycles. The molecule has 0 saturated carbocycles. The van der Waals surface area contributed by atoms with E-state index in [1.165, 1.54) is 11.1 Å². The van der Waals surface area contributed by atoms with Crippen molar-refractivity contribution in [1.29, 1.82) is 0 Å². The maximum absolute atomic E-state index is 12.2. The summed E-state index contributed by atoms with van der Waals surface area (Å²) < 4.78 is 0. The summed E-state index contributed by atoms with van der Waals surface area (Å²) in [7, 11) is 0. The van der Waals surface area contributed by atoms with Crippen LogP contribution >= 0.6 is 11.6 Å². The number of carboxylic acid groups (broad SMARTS) is 1. The second-order valence-electron chi connectivity index (χ2n) is 4.27. The first-order valence-corrected chi connectivity index (χ1v) is 6.10. The van der Waals surface area contributed by atoms with Gasteiger partial charge < -0.3 is 10.0 Å². The predicted octanol–water partition coefficient (Wildman–Crippen LogP) is 1.67. The zero-order valence-electron chi connectivity index (χ0n) is 9.67. The fourth-order valence-corrected chi connectivity index (χ4v) is 2.28. The zero-order chi connectivity index (χ0) is 13.1. The van der Waals surface area contributed by atoms with Gasteiger partial charge in [-0.1, -0.05) is 11.6 Å². The summed E-state index contributed by atoms with van der Waals surface area (Å²) in [6, 6.07) is 3.24. The molecule has 0 aliphatic carbocycles. The van der Waals surface area contributed by atoms with E-state index in [0.29, 0.717) is 24.9 Å². The Kier molecular flexibility index (Phi) is 3.81. The van der Waals surface area contributed by atoms with Crippen molar-refractivity contribution in [1.82, 2.24) is 9.88 Å². The summed E-state index contributed by atoms with van der Waals surface area (Å²) in [5.41, 5.74) is 0.324. The van der Waals surface area contributed by atoms with Crippen LogP contribution < -0.4 is 0 Å². The molecule has 1 saturated heterocycles. The quantitative estimate of drug-likeness (QED) is 0.829. The molecule has 18 heavy (non-hydrogen) atoms. The fourth-order valence-electron chi connectivity index (χ4n) is 2.08. The summed E-state index contributed by atoms with van der Waals surface area (Å²) >= 11 is 5.86. The molecule has 1 amide bonds. The van der Waals surface area contributed by atoms with E-state index in [9.17, 15) is 9.59 Å². The number of carbonyl (C=O) groups is 2. The van der Waals surface area contributed by atoms with Crippen LogP contribution in [0.4, 0.5) is 0 Å². The van der Waals surface area contributed by atoms with Crippen LogP contribution in [0.1, 0.15) is 23.2 Å². The average molecular weight is 269 g/mol. The summed E-state index contributed by atoms with van der Waals surface area (Å²) in [6.45, 7) is 0.799. The van der Waals surface area contributed by atoms with Crippen LogP contribution in [-0.4, -0.2) is 40.0 Å². The molecule has 0 radical (unpaired) electrons. The Morgan fingerprint density at radius 3 is 2.94 bits per heavy atom. The van der Waals surface area contributed by atoms with E-state index < -0.39 is 11.9 Å². The third-order valence-electron chi connectivity index (χ3n) is 3.05. The molecule has 2 heterocycles. The zero-order valence-corrected chi connectivity index (χ0v) is 10.4. The van der Waals surface area contributed by atoms with Crippen LogP contribution in [0, 0.1) is 5.92 Å². The van der Waals surface area contributed by atoms with Crippen LogP contribution in [0.15, 0.2) is 18.3 Å². The molecule has 1 N–H and O–H groups in total. The Bertz CT molecular complexity index is 478. The predicted molar refractivity (Wildman–Crippen MR) is 65.5 cm³/mol. The highest BCUT2D eigenvalue weighted by atomic mass is 35.5. The monoisotopic (exact) mass is 268 g/mol. The van der Waals surface area contributed by atoms with E-state index in [1.54, 1.807) is 12.1 Å². The molecule has 1 atom stereocenters. The van der Waals surface area contributed by atoms with Gasteiger partial charge in [-0.2, -0.15) is 0 Å². The van der Waals surface area contributed by atoms with Crippen molar-refractivity contribution in [2.24, 2.45) is 5.92 Å². The van der Waals surface area contributed by atoms with Crippen molar-refractivity contribution < 1.29 is 14.7 Å². The van der Waals surface area contributed by atoms with Crippen LogP contribution in [0.2, 0.25) is 5.15 Å². The maximum atomic E-state index is 12.2. The van der Waals surface area contributed by atoms with Gasteiger partial charge in [0.1, 0.15) is 5.15 Å². The molecule has 2 rings (SSSR count). The molecule has 0 aromatic carbocycles. The smallest absolute Gasteiger partial charge is 0.308 e. The van der Waals surface area contributed by atoms with Crippen molar-refractivity contribution >= 4 is 23.5 Å². The van der Waals surface area contributed by atoms with Gasteiger partial charge in [0.15, 0.2) is 0 Å². The van der Waals surface area contributed by atoms with E-state index >= 15 is 0 Å². The number of rotatable bonds is 2. The number of carboxylic acids is 1. The van der Waals surface area contributed by atoms with E-state index in [4.69, 9.17) is 16.7 Å². The number of aliphatic carboxylic acids is 1. The Labute approximate surface area is 109 Å². The number of halogens is 1. The molecule has 6 heteroatoms. The summed E-state index contributed by atoms with van der Waals surface area (Å²) in [4.78, 5) is 28.5. The third-order valence-corrected chi connectivity index (χ3v) is 3.35. The topological polar surface area (TPSA) is 70.5 Å². The second kappa shape index (κ2) is 5.35. The largest absolute Gasteiger partial charge is 0.481 e. The Morgan fingerprint density at radius 1 is 1.50 bits per heavy atom. The van der Waals surface area contributed by atoms with Gasteiger partial charge in [0.25, 0.3) is 5.91 Å². The maximum Gasteiger partial charge on any atom is 0.308 e. The number of hydrogen-bond acceptors (Lipinski definition) is 3. The molecule has 1 aromatic heterocycles. The molecule has 96 valence electrons. The standard InChI is InChI=1S/C12H13ClN2O3/c13-10-9(4-1-5-14-10)11(16)15-6-2-3-8(7-15)12(17)18/h1,4-5,8H,2-3,6-7H2,(H,17,18). The van der Waals surface area contributed by atoms with Gasteiger partial charge in [-0.3, -0.25) is 9.59 Å². The minimum Gasteiger partial charge on any atom is -0.481 e. The Balaban J connectivity index is 2.14.